The Balaban J connectivity index is 2.25. The molecular weight excluding hydrogens is 260 g/mol. The number of nitrogens with one attached hydrogen (secondary N) is 1. The molecule has 20 heavy (non-hydrogen) atoms. The molecule has 6 heteroatoms. The fraction of sp³-hybridized carbons (Fsp3) is 0.286. The summed E-state index contributed by atoms with van der Waals surface area (Å²) in [5.74, 6) is 1.78. The summed E-state index contributed by atoms with van der Waals surface area (Å²) >= 11 is 0. The molecule has 1 amide bonds. The van der Waals surface area contributed by atoms with Gasteiger partial charge in [0, 0.05) is 30.8 Å². The number of oxazole rings is 1. The maximum atomic E-state index is 12.1. The van der Waals surface area contributed by atoms with Crippen molar-refractivity contribution in [1.82, 2.24) is 4.98 Å². The van der Waals surface area contributed by atoms with Gasteiger partial charge in [-0.25, -0.2) is 4.98 Å². The van der Waals surface area contributed by atoms with E-state index in [-0.39, 0.29) is 11.6 Å². The molecule has 0 aliphatic carbocycles. The lowest BCUT2D eigenvalue weighted by molar-refractivity contribution is 0.102. The van der Waals surface area contributed by atoms with Crippen LogP contribution in [0.4, 0.5) is 5.69 Å². The lowest BCUT2D eigenvalue weighted by Crippen LogP contribution is -2.13. The highest BCUT2D eigenvalue weighted by Crippen LogP contribution is 2.26. The highest BCUT2D eigenvalue weighted by atomic mass is 16.5. The van der Waals surface area contributed by atoms with Crippen LogP contribution in [0.5, 0.6) is 11.5 Å². The Labute approximate surface area is 116 Å². The molecule has 0 spiro atoms. The number of anilines is 1. The summed E-state index contributed by atoms with van der Waals surface area (Å²) in [6.07, 6.45) is 0. The summed E-state index contributed by atoms with van der Waals surface area (Å²) in [6, 6.07) is 5.12. The van der Waals surface area contributed by atoms with Crippen LogP contribution in [0.25, 0.3) is 0 Å². The second-order valence-electron chi connectivity index (χ2n) is 4.19. The second-order valence-corrected chi connectivity index (χ2v) is 4.19. The van der Waals surface area contributed by atoms with Crippen LogP contribution in [0.2, 0.25) is 0 Å². The van der Waals surface area contributed by atoms with Crippen molar-refractivity contribution >= 4 is 11.6 Å². The van der Waals surface area contributed by atoms with Gasteiger partial charge >= 0.3 is 0 Å². The summed E-state index contributed by atoms with van der Waals surface area (Å²) in [6.45, 7) is 3.39. The molecule has 0 unspecified atom stereocenters. The molecule has 0 radical (unpaired) electrons. The molecule has 1 aromatic carbocycles. The van der Waals surface area contributed by atoms with Crippen LogP contribution in [-0.2, 0) is 0 Å². The zero-order chi connectivity index (χ0) is 14.7. The summed E-state index contributed by atoms with van der Waals surface area (Å²) in [5, 5.41) is 2.74. The maximum absolute atomic E-state index is 12.1. The summed E-state index contributed by atoms with van der Waals surface area (Å²) < 4.78 is 15.5. The summed E-state index contributed by atoms with van der Waals surface area (Å²) in [7, 11) is 3.09. The van der Waals surface area contributed by atoms with E-state index >= 15 is 0 Å². The van der Waals surface area contributed by atoms with Crippen molar-refractivity contribution in [2.45, 2.75) is 13.8 Å². The average molecular weight is 276 g/mol. The topological polar surface area (TPSA) is 73.6 Å². The van der Waals surface area contributed by atoms with Crippen LogP contribution in [0.1, 0.15) is 22.1 Å². The van der Waals surface area contributed by atoms with Gasteiger partial charge in [-0.1, -0.05) is 0 Å². The first-order valence-corrected chi connectivity index (χ1v) is 6.02. The van der Waals surface area contributed by atoms with Gasteiger partial charge in [-0.05, 0) is 6.92 Å². The zero-order valence-electron chi connectivity index (χ0n) is 11.8. The standard InChI is InChI=1S/C14H16N2O4/c1-8-13(15-9(2)20-8)14(17)16-10-5-11(18-3)7-12(6-10)19-4/h5-7H,1-4H3,(H,16,17). The second kappa shape index (κ2) is 5.64. The largest absolute Gasteiger partial charge is 0.497 e. The van der Waals surface area contributed by atoms with Gasteiger partial charge in [0.05, 0.1) is 14.2 Å². The number of carbonyl (C=O) groups excluding carboxylic acids is 1. The van der Waals surface area contributed by atoms with Gasteiger partial charge < -0.3 is 19.2 Å². The molecule has 1 N–H and O–H groups in total. The number of hydrogen-bond acceptors (Lipinski definition) is 5. The Kier molecular flexibility index (Phi) is 3.93. The van der Waals surface area contributed by atoms with Crippen LogP contribution in [-0.4, -0.2) is 25.1 Å². The Morgan fingerprint density at radius 1 is 1.15 bits per heavy atom. The molecule has 0 saturated heterocycles. The summed E-state index contributed by atoms with van der Waals surface area (Å²) in [5.41, 5.74) is 0.829. The lowest BCUT2D eigenvalue weighted by Gasteiger charge is -2.09. The van der Waals surface area contributed by atoms with E-state index in [1.807, 2.05) is 0 Å². The monoisotopic (exact) mass is 276 g/mol. The number of benzene rings is 1. The third-order valence-corrected chi connectivity index (χ3v) is 2.73. The van der Waals surface area contributed by atoms with Crippen molar-refractivity contribution in [3.05, 3.63) is 35.5 Å². The number of nitrogens with zero attached hydrogens (tertiary/aromatic N) is 1. The van der Waals surface area contributed by atoms with Crippen molar-refractivity contribution in [2.24, 2.45) is 0 Å². The van der Waals surface area contributed by atoms with Gasteiger partial charge in [0.25, 0.3) is 5.91 Å². The molecule has 0 fully saturated rings. The molecule has 106 valence electrons. The number of aromatic nitrogens is 1. The van der Waals surface area contributed by atoms with Crippen molar-refractivity contribution in [3.63, 3.8) is 0 Å². The minimum Gasteiger partial charge on any atom is -0.497 e. The van der Waals surface area contributed by atoms with E-state index in [1.54, 1.807) is 46.3 Å². The molecule has 0 bridgehead atoms. The van der Waals surface area contributed by atoms with Gasteiger partial charge in [0.15, 0.2) is 11.6 Å². The van der Waals surface area contributed by atoms with E-state index in [9.17, 15) is 4.79 Å². The maximum Gasteiger partial charge on any atom is 0.277 e. The average Bonchev–Trinajstić information content (AvgIpc) is 2.77. The van der Waals surface area contributed by atoms with Gasteiger partial charge in [0.1, 0.15) is 17.3 Å². The van der Waals surface area contributed by atoms with E-state index in [0.717, 1.165) is 0 Å². The Hall–Kier alpha value is -2.50. The van der Waals surface area contributed by atoms with Crippen LogP contribution in [0.3, 0.4) is 0 Å². The van der Waals surface area contributed by atoms with E-state index in [4.69, 9.17) is 13.9 Å². The molecule has 1 aromatic heterocycles. The molecule has 1 heterocycles. The predicted molar refractivity (Wildman–Crippen MR) is 73.5 cm³/mol. The number of amides is 1. The number of carbonyl (C=O) groups is 1. The number of aryl methyl sites for hydroxylation is 2. The van der Waals surface area contributed by atoms with Gasteiger partial charge in [-0.2, -0.15) is 0 Å². The van der Waals surface area contributed by atoms with Gasteiger partial charge in [0.2, 0.25) is 0 Å². The van der Waals surface area contributed by atoms with Crippen molar-refractivity contribution in [3.8, 4) is 11.5 Å². The van der Waals surface area contributed by atoms with E-state index in [2.05, 4.69) is 10.3 Å². The quantitative estimate of drug-likeness (QED) is 0.929. The minimum absolute atomic E-state index is 0.268. The molecule has 6 nitrogen and oxygen atoms in total. The van der Waals surface area contributed by atoms with Crippen molar-refractivity contribution in [2.75, 3.05) is 19.5 Å². The van der Waals surface area contributed by atoms with Crippen LogP contribution in [0.15, 0.2) is 22.6 Å². The first-order chi connectivity index (χ1) is 9.53. The molecular formula is C14H16N2O4. The van der Waals surface area contributed by atoms with Crippen LogP contribution < -0.4 is 14.8 Å². The van der Waals surface area contributed by atoms with Gasteiger partial charge in [-0.3, -0.25) is 4.79 Å². The number of rotatable bonds is 4. The van der Waals surface area contributed by atoms with Crippen molar-refractivity contribution < 1.29 is 18.7 Å². The normalized spacial score (nSPS) is 10.2. The fourth-order valence-corrected chi connectivity index (χ4v) is 1.81. The van der Waals surface area contributed by atoms with Crippen molar-refractivity contribution in [1.29, 1.82) is 0 Å². The van der Waals surface area contributed by atoms with Crippen LogP contribution in [0, 0.1) is 13.8 Å². The number of ether oxygens (including phenoxy) is 2. The Bertz CT molecular complexity index is 612. The molecule has 0 aliphatic rings. The third kappa shape index (κ3) is 2.90. The van der Waals surface area contributed by atoms with Gasteiger partial charge in [-0.15, -0.1) is 0 Å². The molecule has 2 rings (SSSR count). The zero-order valence-corrected chi connectivity index (χ0v) is 11.8. The number of methoxy groups -OCH3 is 2. The minimum atomic E-state index is -0.338. The highest BCUT2D eigenvalue weighted by molar-refractivity contribution is 6.03. The third-order valence-electron chi connectivity index (χ3n) is 2.73. The smallest absolute Gasteiger partial charge is 0.277 e. The fourth-order valence-electron chi connectivity index (χ4n) is 1.81. The predicted octanol–water partition coefficient (Wildman–Crippen LogP) is 2.56. The Morgan fingerprint density at radius 2 is 1.75 bits per heavy atom. The summed E-state index contributed by atoms with van der Waals surface area (Å²) in [4.78, 5) is 16.2. The van der Waals surface area contributed by atoms with Crippen LogP contribution >= 0.6 is 0 Å². The number of hydrogen-bond donors (Lipinski definition) is 1. The van der Waals surface area contributed by atoms with E-state index in [1.165, 1.54) is 0 Å². The first kappa shape index (κ1) is 13.9. The first-order valence-electron chi connectivity index (χ1n) is 6.02. The molecule has 2 aromatic rings. The molecule has 0 atom stereocenters. The van der Waals surface area contributed by atoms with E-state index in [0.29, 0.717) is 28.8 Å². The Morgan fingerprint density at radius 3 is 2.20 bits per heavy atom. The molecule has 0 aliphatic heterocycles. The SMILES string of the molecule is COc1cc(NC(=O)c2nc(C)oc2C)cc(OC)c1. The van der Waals surface area contributed by atoms with E-state index < -0.39 is 0 Å². The lowest BCUT2D eigenvalue weighted by atomic mass is 10.2. The highest BCUT2D eigenvalue weighted by Gasteiger charge is 2.16. The molecule has 0 saturated carbocycles.